The van der Waals surface area contributed by atoms with E-state index in [9.17, 15) is 24.6 Å². The Morgan fingerprint density at radius 1 is 0.803 bits per heavy atom. The summed E-state index contributed by atoms with van der Waals surface area (Å²) in [5, 5.41) is 22.5. The van der Waals surface area contributed by atoms with E-state index in [1.165, 1.54) is 4.90 Å². The molecule has 71 heavy (non-hydrogen) atoms. The fourth-order valence-corrected chi connectivity index (χ4v) is 13.6. The predicted molar refractivity (Wildman–Crippen MR) is 282 cm³/mol. The van der Waals surface area contributed by atoms with Gasteiger partial charge in [0, 0.05) is 58.7 Å². The van der Waals surface area contributed by atoms with Gasteiger partial charge in [-0.1, -0.05) is 80.0 Å². The number of allylic oxidation sites excluding steroid dienone is 3. The minimum absolute atomic E-state index is 0.0116. The Morgan fingerprint density at radius 3 is 1.94 bits per heavy atom. The zero-order valence-corrected chi connectivity index (χ0v) is 49.2. The lowest BCUT2D eigenvalue weighted by molar-refractivity contribution is -0.302. The summed E-state index contributed by atoms with van der Waals surface area (Å²) in [7, 11) is 0.131. The molecule has 0 aromatic rings. The largest absolute Gasteiger partial charge is 0.456 e. The van der Waals surface area contributed by atoms with Crippen LogP contribution >= 0.6 is 0 Å². The van der Waals surface area contributed by atoms with E-state index in [4.69, 9.17) is 32.5 Å². The van der Waals surface area contributed by atoms with Gasteiger partial charge in [-0.3, -0.25) is 14.4 Å². The first kappa shape index (κ1) is 61.4. The van der Waals surface area contributed by atoms with E-state index in [1.807, 2.05) is 26.8 Å². The van der Waals surface area contributed by atoms with E-state index in [0.717, 1.165) is 24.0 Å². The highest BCUT2D eigenvalue weighted by molar-refractivity contribution is 6.74. The summed E-state index contributed by atoms with van der Waals surface area (Å²) in [6, 6.07) is -1.13. The van der Waals surface area contributed by atoms with Crippen LogP contribution in [0.4, 0.5) is 0 Å². The normalized spacial score (nSPS) is 36.3. The molecule has 4 rings (SSSR count). The molecule has 0 radical (unpaired) electrons. The second-order valence-corrected chi connectivity index (χ2v) is 34.5. The number of piperidine rings is 1. The minimum Gasteiger partial charge on any atom is -0.456 e. The van der Waals surface area contributed by atoms with Crippen molar-refractivity contribution >= 4 is 40.1 Å². The van der Waals surface area contributed by atoms with Gasteiger partial charge in [0.2, 0.25) is 5.79 Å². The Morgan fingerprint density at radius 2 is 1.38 bits per heavy atom. The van der Waals surface area contributed by atoms with Crippen molar-refractivity contribution in [3.05, 3.63) is 23.3 Å². The number of fused-ring (bicyclic) bond motifs is 3. The number of amides is 1. The van der Waals surface area contributed by atoms with Crippen LogP contribution in [0.2, 0.25) is 36.3 Å². The first-order valence-electron chi connectivity index (χ1n) is 26.7. The van der Waals surface area contributed by atoms with Crippen molar-refractivity contribution in [1.82, 2.24) is 4.90 Å². The Hall–Kier alpha value is -2.13. The van der Waals surface area contributed by atoms with Crippen LogP contribution in [0.3, 0.4) is 0 Å². The molecule has 0 spiro atoms. The first-order valence-corrected chi connectivity index (χ1v) is 32.6. The molecule has 4 aliphatic rings. The molecule has 3 aliphatic heterocycles. The number of rotatable bonds is 11. The zero-order chi connectivity index (χ0) is 53.6. The summed E-state index contributed by atoms with van der Waals surface area (Å²) in [6.45, 7) is 31.5. The fraction of sp³-hybridized carbons (Fsp3) is 0.855. The lowest BCUT2D eigenvalue weighted by atomic mass is 9.81. The predicted octanol–water partition coefficient (Wildman–Crippen LogP) is 9.50. The molecule has 0 aromatic heterocycles. The van der Waals surface area contributed by atoms with Gasteiger partial charge in [0.1, 0.15) is 24.0 Å². The van der Waals surface area contributed by atoms with Crippen LogP contribution in [0.15, 0.2) is 23.3 Å². The van der Waals surface area contributed by atoms with Gasteiger partial charge in [0.05, 0.1) is 30.5 Å². The van der Waals surface area contributed by atoms with Gasteiger partial charge in [-0.2, -0.15) is 0 Å². The fourth-order valence-electron chi connectivity index (χ4n) is 10.8. The van der Waals surface area contributed by atoms with Gasteiger partial charge in [0.15, 0.2) is 16.6 Å². The summed E-state index contributed by atoms with van der Waals surface area (Å²) in [4.78, 5) is 60.3. The maximum Gasteiger partial charge on any atom is 0.329 e. The molecule has 3 heterocycles. The van der Waals surface area contributed by atoms with Crippen molar-refractivity contribution in [2.75, 3.05) is 34.5 Å². The van der Waals surface area contributed by atoms with Gasteiger partial charge in [0.25, 0.3) is 11.7 Å². The number of hydrogen-bond donors (Lipinski definition) is 2. The van der Waals surface area contributed by atoms with Crippen LogP contribution in [0.1, 0.15) is 147 Å². The number of carbonyl (C=O) groups is 4. The number of Topliss-reactive ketones (excluding diaryl/α,β-unsaturated/α-hetero) is 2. The number of esters is 1. The van der Waals surface area contributed by atoms with Crippen molar-refractivity contribution in [3.8, 4) is 0 Å². The van der Waals surface area contributed by atoms with E-state index in [2.05, 4.69) is 80.7 Å². The number of carbonyl (C=O) groups excluding carboxylic acids is 4. The molecule has 7 unspecified atom stereocenters. The highest BCUT2D eigenvalue weighted by Crippen LogP contribution is 2.44. The molecule has 2 N–H and O–H groups in total. The zero-order valence-electron chi connectivity index (χ0n) is 47.2. The smallest absolute Gasteiger partial charge is 0.329 e. The van der Waals surface area contributed by atoms with Crippen molar-refractivity contribution in [1.29, 1.82) is 0 Å². The number of hydrogen-bond acceptors (Lipinski definition) is 13. The van der Waals surface area contributed by atoms with E-state index < -0.39 is 94.4 Å². The maximum absolute atomic E-state index is 15.0. The number of ketones is 2. The minimum atomic E-state index is -2.59. The van der Waals surface area contributed by atoms with E-state index in [1.54, 1.807) is 28.3 Å². The van der Waals surface area contributed by atoms with Crippen LogP contribution in [0.25, 0.3) is 0 Å². The molecular formula is C55H97NO13Si2. The second kappa shape index (κ2) is 25.1. The average molecular weight is 1040 g/mol. The van der Waals surface area contributed by atoms with E-state index in [-0.39, 0.29) is 78.7 Å². The van der Waals surface area contributed by atoms with E-state index in [0.29, 0.717) is 32.1 Å². The standard InChI is InChI=1S/C55H97NO13Si2/c1-34-27-35(2)29-46(64-13)49-47(65-14)31-37(4)55(62,67-49)50(59)51(60)56-25-20-19-21-41(56)52(61)66-48(36(3)30-39-22-23-43(45(32-39)63-12)68-70(15,16)53(6,7)8)38(5)44(69-71(17,18)54(9,10)11)33-42(58)40(28-34)24-26-57/h28,30,35,37-41,43-49,57,62H,19-27,29,31-33H2,1-18H3/b34-28+,36-30+/t35-,37?,38+,39?,40+,41?,43?,44-,45?,46-,47-,48?,49+,55?/m0/s1. The van der Waals surface area contributed by atoms with Crippen LogP contribution in [-0.2, 0) is 51.7 Å². The Kier molecular flexibility index (Phi) is 21.8. The monoisotopic (exact) mass is 1040 g/mol. The van der Waals surface area contributed by atoms with Gasteiger partial charge >= 0.3 is 5.97 Å². The van der Waals surface area contributed by atoms with Crippen LogP contribution < -0.4 is 0 Å². The molecule has 1 aliphatic carbocycles. The van der Waals surface area contributed by atoms with Crippen LogP contribution in [0, 0.1) is 29.6 Å². The number of aliphatic hydroxyl groups excluding tert-OH is 1. The molecule has 1 amide bonds. The lowest BCUT2D eigenvalue weighted by Gasteiger charge is -2.47. The Labute approximate surface area is 430 Å². The van der Waals surface area contributed by atoms with Gasteiger partial charge in [-0.05, 0) is 132 Å². The number of nitrogens with zero attached hydrogens (tertiary/aromatic N) is 1. The Balaban J connectivity index is 1.89. The summed E-state index contributed by atoms with van der Waals surface area (Å²) in [6.07, 6.45) is 5.46. The highest BCUT2D eigenvalue weighted by atomic mass is 28.4. The number of methoxy groups -OCH3 is 3. The summed E-state index contributed by atoms with van der Waals surface area (Å²) < 4.78 is 45.3. The summed E-state index contributed by atoms with van der Waals surface area (Å²) in [5.41, 5.74) is 1.75. The molecule has 3 fully saturated rings. The third kappa shape index (κ3) is 15.1. The topological polar surface area (TPSA) is 177 Å². The van der Waals surface area contributed by atoms with Gasteiger partial charge in [-0.15, -0.1) is 0 Å². The van der Waals surface area contributed by atoms with Gasteiger partial charge in [-0.25, -0.2) is 4.79 Å². The number of ether oxygens (including phenoxy) is 5. The molecule has 2 saturated heterocycles. The summed E-state index contributed by atoms with van der Waals surface area (Å²) in [5.74, 6) is -7.37. The van der Waals surface area contributed by atoms with E-state index >= 15 is 4.79 Å². The van der Waals surface area contributed by atoms with Gasteiger partial charge < -0.3 is 47.6 Å². The quantitative estimate of drug-likeness (QED) is 0.0867. The molecule has 408 valence electrons. The molecule has 14 atom stereocenters. The third-order valence-corrected chi connectivity index (χ3v) is 26.4. The second-order valence-electron chi connectivity index (χ2n) is 25.0. The lowest BCUT2D eigenvalue weighted by Crippen LogP contribution is -2.64. The third-order valence-electron chi connectivity index (χ3n) is 17.3. The maximum atomic E-state index is 15.0. The molecule has 1 saturated carbocycles. The van der Waals surface area contributed by atoms with Crippen molar-refractivity contribution in [2.45, 2.75) is 238 Å². The van der Waals surface area contributed by atoms with Crippen LogP contribution in [-0.4, -0.2) is 144 Å². The van der Waals surface area contributed by atoms with Crippen molar-refractivity contribution in [3.63, 3.8) is 0 Å². The van der Waals surface area contributed by atoms with Crippen molar-refractivity contribution in [2.24, 2.45) is 29.6 Å². The molecular weight excluding hydrogens is 939 g/mol. The number of aliphatic hydroxyl groups is 2. The number of cyclic esters (lactones) is 1. The van der Waals surface area contributed by atoms with Crippen molar-refractivity contribution < 1.29 is 61.9 Å². The van der Waals surface area contributed by atoms with Crippen LogP contribution in [0.5, 0.6) is 0 Å². The SMILES string of the molecule is COC1CC(/C=C(\C)C2OC(=O)C3CCCCN3C(=O)C(=O)C3(O)O[C@@H]([C@@H](OC)CC3C)[C@@H](OC)C[C@@H](C)C/C(C)=C/[C@@H](CCO)C(=O)C[C@H](O[Si](C)(C)C(C)(C)C)[C@H]2C)CCC1O[Si](C)(C)C(C)(C)C. The first-order chi connectivity index (χ1) is 32.9. The molecule has 14 nitrogen and oxygen atoms in total. The molecule has 2 bridgehead atoms. The average Bonchev–Trinajstić information content (AvgIpc) is 3.28. The summed E-state index contributed by atoms with van der Waals surface area (Å²) >= 11 is 0. The molecule has 16 heteroatoms. The Bertz CT molecular complexity index is 1870. The molecule has 0 aromatic carbocycles. The highest BCUT2D eigenvalue weighted by Gasteiger charge is 2.57.